The minimum Gasteiger partial charge on any atom is -0.497 e. The number of nitrogens with zero attached hydrogens (tertiary/aromatic N) is 1. The van der Waals surface area contributed by atoms with Crippen LogP contribution in [0, 0.1) is 0 Å². The Kier molecular flexibility index (Phi) is 5.47. The first-order valence-electron chi connectivity index (χ1n) is 8.77. The molecule has 1 aliphatic heterocycles. The molecule has 29 heavy (non-hydrogen) atoms. The van der Waals surface area contributed by atoms with E-state index in [0.29, 0.717) is 21.4 Å². The van der Waals surface area contributed by atoms with E-state index in [4.69, 9.17) is 20.8 Å². The lowest BCUT2D eigenvalue weighted by Gasteiger charge is -2.10. The Morgan fingerprint density at radius 3 is 2.45 bits per heavy atom. The zero-order valence-corrected chi connectivity index (χ0v) is 17.0. The molecule has 0 spiro atoms. The zero-order chi connectivity index (χ0) is 20.4. The van der Waals surface area contributed by atoms with E-state index in [-0.39, 0.29) is 17.7 Å². The van der Waals surface area contributed by atoms with E-state index in [0.717, 1.165) is 28.6 Å². The summed E-state index contributed by atoms with van der Waals surface area (Å²) in [7, 11) is 1.59. The first-order chi connectivity index (χ1) is 14.0. The van der Waals surface area contributed by atoms with Crippen LogP contribution in [0.2, 0.25) is 5.02 Å². The maximum atomic E-state index is 12.7. The number of ether oxygens (including phenoxy) is 1. The van der Waals surface area contributed by atoms with E-state index >= 15 is 0 Å². The van der Waals surface area contributed by atoms with Crippen molar-refractivity contribution in [1.82, 2.24) is 4.90 Å². The molecule has 0 atom stereocenters. The summed E-state index contributed by atoms with van der Waals surface area (Å²) >= 11 is 6.83. The van der Waals surface area contributed by atoms with Gasteiger partial charge in [-0.3, -0.25) is 14.5 Å². The summed E-state index contributed by atoms with van der Waals surface area (Å²) in [5, 5.41) is 0.321. The monoisotopic (exact) mass is 425 g/mol. The Morgan fingerprint density at radius 1 is 1.03 bits per heavy atom. The van der Waals surface area contributed by atoms with E-state index in [1.165, 1.54) is 4.90 Å². The zero-order valence-electron chi connectivity index (χ0n) is 15.4. The molecule has 0 radical (unpaired) electrons. The van der Waals surface area contributed by atoms with Gasteiger partial charge in [0.15, 0.2) is 0 Å². The molecule has 0 saturated carbocycles. The standard InChI is InChI=1S/C22H16ClNO4S/c1-27-17-8-2-14(3-9-17)12-20-21(25)24(22(26)29-20)13-18-10-11-19(28-18)15-4-6-16(23)7-5-15/h2-12H,13H2,1H3. The SMILES string of the molecule is COc1ccc(C=C2SC(=O)N(Cc3ccc(-c4ccc(Cl)cc4)o3)C2=O)cc1. The third kappa shape index (κ3) is 4.23. The number of imide groups is 1. The molecule has 0 aliphatic carbocycles. The van der Waals surface area contributed by atoms with Gasteiger partial charge in [0.1, 0.15) is 17.3 Å². The minimum atomic E-state index is -0.333. The first-order valence-corrected chi connectivity index (χ1v) is 9.97. The summed E-state index contributed by atoms with van der Waals surface area (Å²) in [5.74, 6) is 1.57. The number of carbonyl (C=O) groups excluding carboxylic acids is 2. The fraction of sp³-hybridized carbons (Fsp3) is 0.0909. The van der Waals surface area contributed by atoms with Gasteiger partial charge in [-0.25, -0.2) is 0 Å². The van der Waals surface area contributed by atoms with Crippen molar-refractivity contribution in [2.24, 2.45) is 0 Å². The molecule has 2 aromatic carbocycles. The van der Waals surface area contributed by atoms with Crippen LogP contribution in [0.3, 0.4) is 0 Å². The molecule has 146 valence electrons. The Labute approximate surface area is 176 Å². The summed E-state index contributed by atoms with van der Waals surface area (Å²) < 4.78 is 10.9. The smallest absolute Gasteiger partial charge is 0.293 e. The molecule has 1 fully saturated rings. The van der Waals surface area contributed by atoms with Gasteiger partial charge in [-0.15, -0.1) is 0 Å². The van der Waals surface area contributed by atoms with Crippen LogP contribution in [0.25, 0.3) is 17.4 Å². The van der Waals surface area contributed by atoms with Crippen LogP contribution in [0.5, 0.6) is 5.75 Å². The predicted octanol–water partition coefficient (Wildman–Crippen LogP) is 5.85. The molecule has 5 nitrogen and oxygen atoms in total. The summed E-state index contributed by atoms with van der Waals surface area (Å²) in [6, 6.07) is 18.1. The highest BCUT2D eigenvalue weighted by molar-refractivity contribution is 8.18. The van der Waals surface area contributed by atoms with E-state index in [2.05, 4.69) is 0 Å². The second-order valence-electron chi connectivity index (χ2n) is 6.31. The lowest BCUT2D eigenvalue weighted by atomic mass is 10.2. The first kappa shape index (κ1) is 19.4. The summed E-state index contributed by atoms with van der Waals surface area (Å²) in [6.07, 6.45) is 1.70. The second kappa shape index (κ2) is 8.19. The molecule has 1 saturated heterocycles. The predicted molar refractivity (Wildman–Crippen MR) is 114 cm³/mol. The van der Waals surface area contributed by atoms with Crippen LogP contribution >= 0.6 is 23.4 Å². The maximum absolute atomic E-state index is 12.7. The van der Waals surface area contributed by atoms with Gasteiger partial charge in [0.2, 0.25) is 0 Å². The van der Waals surface area contributed by atoms with E-state index in [9.17, 15) is 9.59 Å². The van der Waals surface area contributed by atoms with Gasteiger partial charge >= 0.3 is 0 Å². The van der Waals surface area contributed by atoms with E-state index in [1.54, 1.807) is 43.5 Å². The van der Waals surface area contributed by atoms with Crippen molar-refractivity contribution in [1.29, 1.82) is 0 Å². The van der Waals surface area contributed by atoms with Gasteiger partial charge in [0, 0.05) is 10.6 Å². The highest BCUT2D eigenvalue weighted by atomic mass is 35.5. The van der Waals surface area contributed by atoms with Crippen molar-refractivity contribution in [2.75, 3.05) is 7.11 Å². The average molecular weight is 426 g/mol. The quantitative estimate of drug-likeness (QED) is 0.480. The van der Waals surface area contributed by atoms with Crippen LogP contribution in [-0.2, 0) is 11.3 Å². The highest BCUT2D eigenvalue weighted by Crippen LogP contribution is 2.34. The van der Waals surface area contributed by atoms with E-state index in [1.807, 2.05) is 30.3 Å². The topological polar surface area (TPSA) is 59.8 Å². The van der Waals surface area contributed by atoms with Gasteiger partial charge < -0.3 is 9.15 Å². The number of benzene rings is 2. The maximum Gasteiger partial charge on any atom is 0.293 e. The number of thioether (sulfide) groups is 1. The fourth-order valence-corrected chi connectivity index (χ4v) is 3.84. The average Bonchev–Trinajstić information content (AvgIpc) is 3.30. The molecule has 2 amide bonds. The van der Waals surface area contributed by atoms with Crippen LogP contribution in [0.1, 0.15) is 11.3 Å². The lowest BCUT2D eigenvalue weighted by Crippen LogP contribution is -2.27. The Hall–Kier alpha value is -2.96. The molecule has 4 rings (SSSR count). The third-order valence-corrected chi connectivity index (χ3v) is 5.55. The van der Waals surface area contributed by atoms with Gasteiger partial charge in [0.05, 0.1) is 18.6 Å². The summed E-state index contributed by atoms with van der Waals surface area (Å²) in [6.45, 7) is 0.0816. The third-order valence-electron chi connectivity index (χ3n) is 4.39. The Bertz CT molecular complexity index is 1090. The van der Waals surface area contributed by atoms with Crippen molar-refractivity contribution in [3.8, 4) is 17.1 Å². The van der Waals surface area contributed by atoms with Crippen molar-refractivity contribution < 1.29 is 18.7 Å². The molecule has 1 aliphatic rings. The Morgan fingerprint density at radius 2 is 1.76 bits per heavy atom. The molecule has 0 bridgehead atoms. The summed E-state index contributed by atoms with van der Waals surface area (Å²) in [5.41, 5.74) is 1.69. The molecule has 0 unspecified atom stereocenters. The number of carbonyl (C=O) groups is 2. The molecule has 3 aromatic rings. The minimum absolute atomic E-state index is 0.0816. The van der Waals surface area contributed by atoms with Crippen molar-refractivity contribution in [2.45, 2.75) is 6.54 Å². The number of amides is 2. The summed E-state index contributed by atoms with van der Waals surface area (Å²) in [4.78, 5) is 26.6. The lowest BCUT2D eigenvalue weighted by molar-refractivity contribution is -0.123. The number of hydrogen-bond donors (Lipinski definition) is 0. The van der Waals surface area contributed by atoms with Crippen LogP contribution < -0.4 is 4.74 Å². The number of furan rings is 1. The van der Waals surface area contributed by atoms with Crippen molar-refractivity contribution in [3.05, 3.63) is 81.9 Å². The fourth-order valence-electron chi connectivity index (χ4n) is 2.88. The van der Waals surface area contributed by atoms with Gasteiger partial charge in [-0.05, 0) is 71.9 Å². The van der Waals surface area contributed by atoms with Crippen molar-refractivity contribution in [3.63, 3.8) is 0 Å². The highest BCUT2D eigenvalue weighted by Gasteiger charge is 2.35. The number of hydrogen-bond acceptors (Lipinski definition) is 5. The normalized spacial score (nSPS) is 15.4. The van der Waals surface area contributed by atoms with Crippen LogP contribution in [0.15, 0.2) is 70.0 Å². The molecule has 1 aromatic heterocycles. The molecule has 2 heterocycles. The number of methoxy groups -OCH3 is 1. The van der Waals surface area contributed by atoms with Gasteiger partial charge in [0.25, 0.3) is 11.1 Å². The molecule has 7 heteroatoms. The molecular formula is C22H16ClNO4S. The van der Waals surface area contributed by atoms with Crippen LogP contribution in [0.4, 0.5) is 4.79 Å². The van der Waals surface area contributed by atoms with Crippen molar-refractivity contribution >= 4 is 40.6 Å². The van der Waals surface area contributed by atoms with Gasteiger partial charge in [-0.2, -0.15) is 0 Å². The number of rotatable bonds is 5. The molecular weight excluding hydrogens is 410 g/mol. The van der Waals surface area contributed by atoms with Crippen LogP contribution in [-0.4, -0.2) is 23.2 Å². The molecule has 0 N–H and O–H groups in total. The second-order valence-corrected chi connectivity index (χ2v) is 7.74. The largest absolute Gasteiger partial charge is 0.497 e. The Balaban J connectivity index is 1.49. The van der Waals surface area contributed by atoms with E-state index < -0.39 is 0 Å². The number of halogens is 1. The van der Waals surface area contributed by atoms with Gasteiger partial charge in [-0.1, -0.05) is 23.7 Å².